The topological polar surface area (TPSA) is 37.8 Å². The molecule has 0 amide bonds. The molecular weight excluding hydrogens is 238 g/mol. The number of aromatic nitrogens is 2. The monoisotopic (exact) mass is 253 g/mol. The average molecular weight is 253 g/mol. The first kappa shape index (κ1) is 11.7. The molecule has 2 aromatic rings. The van der Waals surface area contributed by atoms with E-state index in [4.69, 9.17) is 0 Å². The summed E-state index contributed by atoms with van der Waals surface area (Å²) in [5, 5.41) is 9.82. The third-order valence-electron chi connectivity index (χ3n) is 2.43. The van der Waals surface area contributed by atoms with Crippen LogP contribution in [0.2, 0.25) is 0 Å². The predicted octanol–water partition coefficient (Wildman–Crippen LogP) is 2.28. The van der Waals surface area contributed by atoms with Crippen molar-refractivity contribution in [2.45, 2.75) is 25.8 Å². The van der Waals surface area contributed by atoms with Crippen LogP contribution in [0.4, 0.5) is 0 Å². The van der Waals surface area contributed by atoms with Crippen LogP contribution < -0.4 is 5.32 Å². The second kappa shape index (κ2) is 5.52. The molecule has 0 fully saturated rings. The van der Waals surface area contributed by atoms with Gasteiger partial charge >= 0.3 is 0 Å². The number of hydrogen-bond acceptors (Lipinski definition) is 5. The smallest absolute Gasteiger partial charge is 0.0940 e. The summed E-state index contributed by atoms with van der Waals surface area (Å²) in [4.78, 5) is 8.80. The molecule has 0 aliphatic carbocycles. The number of likely N-dealkylation sites (N-methyl/N-ethyl adjacent to an activating group) is 1. The summed E-state index contributed by atoms with van der Waals surface area (Å²) >= 11 is 3.43. The quantitative estimate of drug-likeness (QED) is 0.888. The van der Waals surface area contributed by atoms with Crippen molar-refractivity contribution in [2.75, 3.05) is 7.05 Å². The molecule has 1 unspecified atom stereocenters. The van der Waals surface area contributed by atoms with Gasteiger partial charge in [0.2, 0.25) is 0 Å². The van der Waals surface area contributed by atoms with Crippen molar-refractivity contribution >= 4 is 22.7 Å². The maximum atomic E-state index is 4.49. The Hall–Kier alpha value is -0.780. The van der Waals surface area contributed by atoms with E-state index in [-0.39, 0.29) is 0 Å². The fourth-order valence-electron chi connectivity index (χ4n) is 1.60. The van der Waals surface area contributed by atoms with Gasteiger partial charge in [0.05, 0.1) is 15.7 Å². The minimum atomic E-state index is 0.424. The van der Waals surface area contributed by atoms with Gasteiger partial charge in [0.1, 0.15) is 0 Å². The summed E-state index contributed by atoms with van der Waals surface area (Å²) < 4.78 is 0. The number of aryl methyl sites for hydroxylation is 1. The fourth-order valence-corrected chi connectivity index (χ4v) is 2.92. The molecule has 1 N–H and O–H groups in total. The highest BCUT2D eigenvalue weighted by atomic mass is 32.1. The van der Waals surface area contributed by atoms with Crippen LogP contribution in [0, 0.1) is 6.92 Å². The SMILES string of the molecule is CNC(Cc1csc(C)n1)Cc1nccs1. The van der Waals surface area contributed by atoms with Gasteiger partial charge in [0.25, 0.3) is 0 Å². The van der Waals surface area contributed by atoms with Gasteiger partial charge < -0.3 is 5.32 Å². The van der Waals surface area contributed by atoms with E-state index in [1.165, 1.54) is 10.7 Å². The van der Waals surface area contributed by atoms with E-state index in [9.17, 15) is 0 Å². The number of nitrogens with zero attached hydrogens (tertiary/aromatic N) is 2. The summed E-state index contributed by atoms with van der Waals surface area (Å²) in [5.41, 5.74) is 1.18. The molecule has 0 saturated carbocycles. The maximum absolute atomic E-state index is 4.49. The highest BCUT2D eigenvalue weighted by Crippen LogP contribution is 2.13. The van der Waals surface area contributed by atoms with Crippen molar-refractivity contribution in [2.24, 2.45) is 0 Å². The Balaban J connectivity index is 1.95. The molecule has 86 valence electrons. The standard InChI is InChI=1S/C11H15N3S2/c1-8-14-10(7-16-8)5-9(12-2)6-11-13-3-4-15-11/h3-4,7,9,12H,5-6H2,1-2H3. The first-order chi connectivity index (χ1) is 7.78. The number of hydrogen-bond donors (Lipinski definition) is 1. The summed E-state index contributed by atoms with van der Waals surface area (Å²) in [6.07, 6.45) is 3.81. The molecule has 2 rings (SSSR count). The van der Waals surface area contributed by atoms with Crippen LogP contribution in [0.15, 0.2) is 17.0 Å². The van der Waals surface area contributed by atoms with E-state index >= 15 is 0 Å². The van der Waals surface area contributed by atoms with Crippen molar-refractivity contribution in [1.29, 1.82) is 0 Å². The summed E-state index contributed by atoms with van der Waals surface area (Å²) in [6, 6.07) is 0.424. The zero-order valence-electron chi connectivity index (χ0n) is 9.43. The summed E-state index contributed by atoms with van der Waals surface area (Å²) in [7, 11) is 2.00. The molecule has 0 spiro atoms. The third-order valence-corrected chi connectivity index (χ3v) is 4.06. The molecule has 0 aliphatic rings. The summed E-state index contributed by atoms with van der Waals surface area (Å²) in [6.45, 7) is 2.05. The first-order valence-corrected chi connectivity index (χ1v) is 7.00. The molecule has 0 radical (unpaired) electrons. The van der Waals surface area contributed by atoms with Gasteiger partial charge in [-0.05, 0) is 14.0 Å². The highest BCUT2D eigenvalue weighted by molar-refractivity contribution is 7.09. The van der Waals surface area contributed by atoms with E-state index in [0.29, 0.717) is 6.04 Å². The molecule has 0 saturated heterocycles. The molecular formula is C11H15N3S2. The summed E-state index contributed by atoms with van der Waals surface area (Å²) in [5.74, 6) is 0. The lowest BCUT2D eigenvalue weighted by Gasteiger charge is -2.12. The van der Waals surface area contributed by atoms with Gasteiger partial charge in [0, 0.05) is 35.8 Å². The van der Waals surface area contributed by atoms with Gasteiger partial charge in [-0.1, -0.05) is 0 Å². The van der Waals surface area contributed by atoms with Gasteiger partial charge in [-0.2, -0.15) is 0 Å². The molecule has 2 heterocycles. The molecule has 0 aromatic carbocycles. The zero-order valence-corrected chi connectivity index (χ0v) is 11.1. The average Bonchev–Trinajstić information content (AvgIpc) is 2.89. The second-order valence-corrected chi connectivity index (χ2v) is 5.72. The van der Waals surface area contributed by atoms with Gasteiger partial charge in [-0.25, -0.2) is 9.97 Å². The lowest BCUT2D eigenvalue weighted by Crippen LogP contribution is -2.30. The van der Waals surface area contributed by atoms with Crippen LogP contribution in [-0.2, 0) is 12.8 Å². The third kappa shape index (κ3) is 3.10. The van der Waals surface area contributed by atoms with Crippen molar-refractivity contribution in [3.8, 4) is 0 Å². The van der Waals surface area contributed by atoms with Gasteiger partial charge in [-0.3, -0.25) is 0 Å². The zero-order chi connectivity index (χ0) is 11.4. The predicted molar refractivity (Wildman–Crippen MR) is 69.2 cm³/mol. The second-order valence-electron chi connectivity index (χ2n) is 3.68. The van der Waals surface area contributed by atoms with Crippen molar-refractivity contribution < 1.29 is 0 Å². The van der Waals surface area contributed by atoms with E-state index in [1.54, 1.807) is 22.7 Å². The largest absolute Gasteiger partial charge is 0.316 e. The van der Waals surface area contributed by atoms with Crippen LogP contribution in [0.25, 0.3) is 0 Å². The molecule has 3 nitrogen and oxygen atoms in total. The minimum absolute atomic E-state index is 0.424. The molecule has 5 heteroatoms. The lowest BCUT2D eigenvalue weighted by atomic mass is 10.1. The van der Waals surface area contributed by atoms with E-state index in [0.717, 1.165) is 17.8 Å². The fraction of sp³-hybridized carbons (Fsp3) is 0.455. The Morgan fingerprint density at radius 1 is 1.38 bits per heavy atom. The molecule has 0 aliphatic heterocycles. The molecule has 16 heavy (non-hydrogen) atoms. The normalized spacial score (nSPS) is 12.9. The Labute approximate surface area is 104 Å². The minimum Gasteiger partial charge on any atom is -0.316 e. The van der Waals surface area contributed by atoms with Crippen LogP contribution in [0.5, 0.6) is 0 Å². The van der Waals surface area contributed by atoms with Crippen molar-refractivity contribution in [3.05, 3.63) is 32.7 Å². The van der Waals surface area contributed by atoms with Gasteiger partial charge in [-0.15, -0.1) is 22.7 Å². The Morgan fingerprint density at radius 2 is 2.25 bits per heavy atom. The van der Waals surface area contributed by atoms with Crippen molar-refractivity contribution in [3.63, 3.8) is 0 Å². The first-order valence-electron chi connectivity index (χ1n) is 5.24. The van der Waals surface area contributed by atoms with Gasteiger partial charge in [0.15, 0.2) is 0 Å². The highest BCUT2D eigenvalue weighted by Gasteiger charge is 2.11. The number of thiazole rings is 2. The number of rotatable bonds is 5. The molecule has 0 bridgehead atoms. The van der Waals surface area contributed by atoms with Crippen LogP contribution >= 0.6 is 22.7 Å². The van der Waals surface area contributed by atoms with Crippen LogP contribution in [0.1, 0.15) is 15.7 Å². The van der Waals surface area contributed by atoms with Crippen molar-refractivity contribution in [1.82, 2.24) is 15.3 Å². The maximum Gasteiger partial charge on any atom is 0.0940 e. The Morgan fingerprint density at radius 3 is 2.81 bits per heavy atom. The Bertz CT molecular complexity index is 422. The van der Waals surface area contributed by atoms with E-state index < -0.39 is 0 Å². The molecule has 2 aromatic heterocycles. The van der Waals surface area contributed by atoms with E-state index in [2.05, 4.69) is 20.7 Å². The molecule has 1 atom stereocenters. The number of nitrogens with one attached hydrogen (secondary N) is 1. The van der Waals surface area contributed by atoms with Crippen LogP contribution in [0.3, 0.4) is 0 Å². The van der Waals surface area contributed by atoms with Crippen LogP contribution in [-0.4, -0.2) is 23.1 Å². The van der Waals surface area contributed by atoms with E-state index in [1.807, 2.05) is 25.5 Å². The lowest BCUT2D eigenvalue weighted by molar-refractivity contribution is 0.550. The Kier molecular flexibility index (Phi) is 4.04.